The highest BCUT2D eigenvalue weighted by atomic mass is 32.2. The SMILES string of the molecule is CC1(C)C(NS(=O)(=O)c2ccc(CCN)cc2)C1(C)C. The Morgan fingerprint density at radius 1 is 1.10 bits per heavy atom. The van der Waals surface area contributed by atoms with Crippen LogP contribution in [-0.2, 0) is 16.4 Å². The fourth-order valence-corrected chi connectivity index (χ4v) is 4.25. The van der Waals surface area contributed by atoms with E-state index in [1.165, 1.54) is 0 Å². The Bertz CT molecular complexity index is 575. The third kappa shape index (κ3) is 2.50. The number of sulfonamides is 1. The number of hydrogen-bond donors (Lipinski definition) is 2. The predicted octanol–water partition coefficient (Wildman–Crippen LogP) is 1.90. The van der Waals surface area contributed by atoms with E-state index in [0.717, 1.165) is 12.0 Å². The van der Waals surface area contributed by atoms with E-state index >= 15 is 0 Å². The van der Waals surface area contributed by atoms with Crippen LogP contribution >= 0.6 is 0 Å². The lowest BCUT2D eigenvalue weighted by atomic mass is 10.0. The van der Waals surface area contributed by atoms with Crippen molar-refractivity contribution in [1.82, 2.24) is 4.72 Å². The van der Waals surface area contributed by atoms with Crippen LogP contribution in [-0.4, -0.2) is 21.0 Å². The van der Waals surface area contributed by atoms with Crippen molar-refractivity contribution in [1.29, 1.82) is 0 Å². The van der Waals surface area contributed by atoms with Gasteiger partial charge in [0, 0.05) is 6.04 Å². The number of benzene rings is 1. The molecule has 4 nitrogen and oxygen atoms in total. The first-order valence-corrected chi connectivity index (χ1v) is 8.42. The standard InChI is InChI=1S/C15H24N2O2S/c1-14(2)13(15(14,3)4)17-20(18,19)12-7-5-11(6-8-12)9-10-16/h5-8,13,17H,9-10,16H2,1-4H3. The van der Waals surface area contributed by atoms with Crippen molar-refractivity contribution >= 4 is 10.0 Å². The molecule has 5 heteroatoms. The molecule has 0 aliphatic heterocycles. The number of nitrogens with one attached hydrogen (secondary N) is 1. The maximum absolute atomic E-state index is 12.4. The Morgan fingerprint density at radius 3 is 2.00 bits per heavy atom. The first-order valence-electron chi connectivity index (χ1n) is 6.94. The zero-order chi connectivity index (χ0) is 15.2. The number of nitrogens with two attached hydrogens (primary N) is 1. The van der Waals surface area contributed by atoms with Gasteiger partial charge in [-0.1, -0.05) is 39.8 Å². The molecule has 0 saturated heterocycles. The lowest BCUT2D eigenvalue weighted by molar-refractivity contribution is 0.457. The summed E-state index contributed by atoms with van der Waals surface area (Å²) in [4.78, 5) is 0.316. The molecule has 0 atom stereocenters. The molecular formula is C15H24N2O2S. The van der Waals surface area contributed by atoms with Crippen LogP contribution in [0.4, 0.5) is 0 Å². The van der Waals surface area contributed by atoms with Gasteiger partial charge in [-0.05, 0) is 41.5 Å². The molecule has 1 saturated carbocycles. The summed E-state index contributed by atoms with van der Waals surface area (Å²) in [6.45, 7) is 8.92. The summed E-state index contributed by atoms with van der Waals surface area (Å²) in [5.41, 5.74) is 6.51. The molecule has 1 aliphatic rings. The number of rotatable bonds is 5. The van der Waals surface area contributed by atoms with Gasteiger partial charge in [0.15, 0.2) is 0 Å². The van der Waals surface area contributed by atoms with Gasteiger partial charge in [0.25, 0.3) is 0 Å². The molecule has 20 heavy (non-hydrogen) atoms. The van der Waals surface area contributed by atoms with Gasteiger partial charge in [0.1, 0.15) is 0 Å². The second-order valence-corrected chi connectivity index (χ2v) is 8.39. The molecule has 0 radical (unpaired) electrons. The molecule has 0 amide bonds. The van der Waals surface area contributed by atoms with Crippen LogP contribution < -0.4 is 10.5 Å². The Kier molecular flexibility index (Phi) is 3.73. The van der Waals surface area contributed by atoms with Crippen LogP contribution in [0.15, 0.2) is 29.2 Å². The van der Waals surface area contributed by atoms with Gasteiger partial charge in [-0.15, -0.1) is 0 Å². The van der Waals surface area contributed by atoms with Crippen molar-refractivity contribution in [2.24, 2.45) is 16.6 Å². The Morgan fingerprint density at radius 2 is 1.60 bits per heavy atom. The minimum atomic E-state index is -3.45. The molecule has 0 bridgehead atoms. The van der Waals surface area contributed by atoms with Gasteiger partial charge in [-0.25, -0.2) is 13.1 Å². The molecule has 0 heterocycles. The van der Waals surface area contributed by atoms with Crippen molar-refractivity contribution in [3.05, 3.63) is 29.8 Å². The summed E-state index contributed by atoms with van der Waals surface area (Å²) >= 11 is 0. The second-order valence-electron chi connectivity index (χ2n) is 6.68. The van der Waals surface area contributed by atoms with Gasteiger partial charge in [0.05, 0.1) is 4.90 Å². The van der Waals surface area contributed by atoms with Crippen LogP contribution in [0, 0.1) is 10.8 Å². The molecule has 112 valence electrons. The molecule has 1 aliphatic carbocycles. The quantitative estimate of drug-likeness (QED) is 0.871. The molecule has 0 aromatic heterocycles. The number of hydrogen-bond acceptors (Lipinski definition) is 3. The smallest absolute Gasteiger partial charge is 0.240 e. The van der Waals surface area contributed by atoms with Gasteiger partial charge in [-0.3, -0.25) is 0 Å². The van der Waals surface area contributed by atoms with E-state index in [9.17, 15) is 8.42 Å². The molecule has 1 aromatic rings. The first-order chi connectivity index (χ1) is 9.13. The Labute approximate surface area is 121 Å². The van der Waals surface area contributed by atoms with Crippen molar-refractivity contribution in [2.45, 2.75) is 45.1 Å². The maximum atomic E-state index is 12.4. The van der Waals surface area contributed by atoms with Crippen molar-refractivity contribution in [2.75, 3.05) is 6.54 Å². The second kappa shape index (κ2) is 4.83. The highest BCUT2D eigenvalue weighted by Gasteiger charge is 2.65. The van der Waals surface area contributed by atoms with E-state index in [4.69, 9.17) is 5.73 Å². The topological polar surface area (TPSA) is 72.2 Å². The summed E-state index contributed by atoms with van der Waals surface area (Å²) in [5, 5.41) is 0. The minimum absolute atomic E-state index is 0.0143. The summed E-state index contributed by atoms with van der Waals surface area (Å²) in [5.74, 6) is 0. The normalized spacial score (nSPS) is 20.9. The fourth-order valence-electron chi connectivity index (χ4n) is 2.72. The van der Waals surface area contributed by atoms with E-state index in [-0.39, 0.29) is 16.9 Å². The minimum Gasteiger partial charge on any atom is -0.330 e. The molecule has 2 rings (SSSR count). The van der Waals surface area contributed by atoms with Crippen LogP contribution in [0.3, 0.4) is 0 Å². The van der Waals surface area contributed by atoms with Crippen molar-refractivity contribution < 1.29 is 8.42 Å². The highest BCUT2D eigenvalue weighted by molar-refractivity contribution is 7.89. The van der Waals surface area contributed by atoms with E-state index in [2.05, 4.69) is 32.4 Å². The highest BCUT2D eigenvalue weighted by Crippen LogP contribution is 2.62. The lowest BCUT2D eigenvalue weighted by Gasteiger charge is -2.09. The average Bonchev–Trinajstić information content (AvgIpc) is 2.72. The van der Waals surface area contributed by atoms with Gasteiger partial charge in [-0.2, -0.15) is 0 Å². The van der Waals surface area contributed by atoms with Crippen LogP contribution in [0.2, 0.25) is 0 Å². The van der Waals surface area contributed by atoms with E-state index in [1.807, 2.05) is 12.1 Å². The Hall–Kier alpha value is -0.910. The largest absolute Gasteiger partial charge is 0.330 e. The monoisotopic (exact) mass is 296 g/mol. The van der Waals surface area contributed by atoms with E-state index in [1.54, 1.807) is 12.1 Å². The van der Waals surface area contributed by atoms with E-state index < -0.39 is 10.0 Å². The Balaban J connectivity index is 2.16. The molecule has 1 aromatic carbocycles. The summed E-state index contributed by atoms with van der Waals surface area (Å²) < 4.78 is 27.6. The van der Waals surface area contributed by atoms with Crippen molar-refractivity contribution in [3.8, 4) is 0 Å². The maximum Gasteiger partial charge on any atom is 0.240 e. The first kappa shape index (κ1) is 15.5. The molecule has 3 N–H and O–H groups in total. The van der Waals surface area contributed by atoms with E-state index in [0.29, 0.717) is 11.4 Å². The summed E-state index contributed by atoms with van der Waals surface area (Å²) in [7, 11) is -3.45. The van der Waals surface area contributed by atoms with Crippen LogP contribution in [0.5, 0.6) is 0 Å². The zero-order valence-corrected chi connectivity index (χ0v) is 13.4. The van der Waals surface area contributed by atoms with Crippen LogP contribution in [0.25, 0.3) is 0 Å². The van der Waals surface area contributed by atoms with Crippen LogP contribution in [0.1, 0.15) is 33.3 Å². The third-order valence-electron chi connectivity index (χ3n) is 4.96. The average molecular weight is 296 g/mol. The molecule has 0 unspecified atom stereocenters. The summed E-state index contributed by atoms with van der Waals surface area (Å²) in [6.07, 6.45) is 0.760. The molecule has 0 spiro atoms. The predicted molar refractivity (Wildman–Crippen MR) is 80.9 cm³/mol. The van der Waals surface area contributed by atoms with Crippen molar-refractivity contribution in [3.63, 3.8) is 0 Å². The lowest BCUT2D eigenvalue weighted by Crippen LogP contribution is -2.29. The zero-order valence-electron chi connectivity index (χ0n) is 12.6. The van der Waals surface area contributed by atoms with Gasteiger partial charge in [0.2, 0.25) is 10.0 Å². The summed E-state index contributed by atoms with van der Waals surface area (Å²) in [6, 6.07) is 6.92. The van der Waals surface area contributed by atoms with Gasteiger partial charge < -0.3 is 5.73 Å². The molecular weight excluding hydrogens is 272 g/mol. The van der Waals surface area contributed by atoms with Gasteiger partial charge >= 0.3 is 0 Å². The molecule has 1 fully saturated rings. The fraction of sp³-hybridized carbons (Fsp3) is 0.600. The third-order valence-corrected chi connectivity index (χ3v) is 6.40.